The molecule has 1 aliphatic carbocycles. The first kappa shape index (κ1) is 25.2. The first-order valence-electron chi connectivity index (χ1n) is 12.3. The zero-order valence-corrected chi connectivity index (χ0v) is 21.0. The summed E-state index contributed by atoms with van der Waals surface area (Å²) in [5.74, 6) is 0.348. The zero-order chi connectivity index (χ0) is 25.7. The van der Waals surface area contributed by atoms with Crippen LogP contribution < -0.4 is 9.47 Å². The number of hydrogen-bond donors (Lipinski definition) is 1. The molecule has 1 fully saturated rings. The molecule has 36 heavy (non-hydrogen) atoms. The van der Waals surface area contributed by atoms with Crippen molar-refractivity contribution in [2.75, 3.05) is 20.3 Å². The Balaban J connectivity index is 1.95. The van der Waals surface area contributed by atoms with Crippen LogP contribution in [0.3, 0.4) is 0 Å². The number of carbonyl (C=O) groups is 2. The molecule has 2 aromatic carbocycles. The molecule has 4 rings (SSSR count). The molecule has 188 valence electrons. The van der Waals surface area contributed by atoms with Gasteiger partial charge in [0.25, 0.3) is 0 Å². The fourth-order valence-corrected chi connectivity index (χ4v) is 4.52. The van der Waals surface area contributed by atoms with Crippen molar-refractivity contribution in [3.8, 4) is 33.9 Å². The van der Waals surface area contributed by atoms with Gasteiger partial charge in [-0.3, -0.25) is 9.59 Å². The zero-order valence-electron chi connectivity index (χ0n) is 21.0. The topological polar surface area (TPSA) is 89.0 Å². The maximum atomic E-state index is 13.1. The van der Waals surface area contributed by atoms with Gasteiger partial charge in [0.1, 0.15) is 5.75 Å². The Bertz CT molecular complexity index is 1220. The third-order valence-corrected chi connectivity index (χ3v) is 6.43. The summed E-state index contributed by atoms with van der Waals surface area (Å²) in [6.07, 6.45) is 3.30. The van der Waals surface area contributed by atoms with Crippen molar-refractivity contribution in [2.45, 2.75) is 39.7 Å². The standard InChI is InChI=1S/C29H32N2O5/c1-4-31(29(34)20-11-12-20)18-24-23(16-27(32)33)22(21-13-14-26(30-17-21)36-5-2)15-25(35-3)28(24)19-9-7-6-8-10-19/h6-10,13-15,17,20H,4-5,11-12,16,18H2,1-3H3,(H,32,33). The van der Waals surface area contributed by atoms with Crippen molar-refractivity contribution < 1.29 is 24.2 Å². The summed E-state index contributed by atoms with van der Waals surface area (Å²) in [5.41, 5.74) is 4.61. The third kappa shape index (κ3) is 5.51. The second-order valence-electron chi connectivity index (χ2n) is 8.84. The number of amides is 1. The van der Waals surface area contributed by atoms with Gasteiger partial charge in [0.15, 0.2) is 0 Å². The third-order valence-electron chi connectivity index (χ3n) is 6.43. The van der Waals surface area contributed by atoms with Gasteiger partial charge in [-0.2, -0.15) is 0 Å². The molecule has 0 saturated heterocycles. The maximum absolute atomic E-state index is 13.1. The SMILES string of the molecule is CCOc1ccc(-c2cc(OC)c(-c3ccccc3)c(CN(CC)C(=O)C3CC3)c2CC(=O)O)cn1. The van der Waals surface area contributed by atoms with Crippen LogP contribution in [0.4, 0.5) is 0 Å². The number of ether oxygens (including phenoxy) is 2. The van der Waals surface area contributed by atoms with E-state index in [0.29, 0.717) is 36.9 Å². The van der Waals surface area contributed by atoms with Crippen molar-refractivity contribution in [1.29, 1.82) is 0 Å². The van der Waals surface area contributed by atoms with Crippen molar-refractivity contribution in [1.82, 2.24) is 9.88 Å². The van der Waals surface area contributed by atoms with Gasteiger partial charge in [-0.1, -0.05) is 30.3 Å². The molecule has 0 atom stereocenters. The van der Waals surface area contributed by atoms with Crippen LogP contribution in [0.2, 0.25) is 0 Å². The average Bonchev–Trinajstić information content (AvgIpc) is 3.74. The highest BCUT2D eigenvalue weighted by Crippen LogP contribution is 2.42. The number of carbonyl (C=O) groups excluding carboxylic acids is 1. The van der Waals surface area contributed by atoms with Crippen LogP contribution in [0.1, 0.15) is 37.8 Å². The van der Waals surface area contributed by atoms with E-state index in [1.54, 1.807) is 19.4 Å². The Labute approximate surface area is 211 Å². The second-order valence-corrected chi connectivity index (χ2v) is 8.84. The highest BCUT2D eigenvalue weighted by molar-refractivity contribution is 5.87. The molecule has 0 bridgehead atoms. The van der Waals surface area contributed by atoms with E-state index in [-0.39, 0.29) is 18.2 Å². The predicted molar refractivity (Wildman–Crippen MR) is 138 cm³/mol. The van der Waals surface area contributed by atoms with Crippen LogP contribution in [0, 0.1) is 5.92 Å². The van der Waals surface area contributed by atoms with Gasteiger partial charge < -0.3 is 19.5 Å². The number of methoxy groups -OCH3 is 1. The Morgan fingerprint density at radius 3 is 2.36 bits per heavy atom. The normalized spacial score (nSPS) is 12.8. The van der Waals surface area contributed by atoms with Crippen LogP contribution in [0.25, 0.3) is 22.3 Å². The van der Waals surface area contributed by atoms with E-state index in [1.807, 2.05) is 61.2 Å². The lowest BCUT2D eigenvalue weighted by Crippen LogP contribution is -2.32. The quantitative estimate of drug-likeness (QED) is 0.399. The summed E-state index contributed by atoms with van der Waals surface area (Å²) in [4.78, 5) is 31.4. The minimum Gasteiger partial charge on any atom is -0.496 e. The van der Waals surface area contributed by atoms with Gasteiger partial charge in [0.05, 0.1) is 20.1 Å². The molecule has 3 aromatic rings. The van der Waals surface area contributed by atoms with E-state index in [4.69, 9.17) is 9.47 Å². The number of nitrogens with zero attached hydrogens (tertiary/aromatic N) is 2. The van der Waals surface area contributed by atoms with E-state index in [0.717, 1.165) is 40.7 Å². The number of carboxylic acid groups (broad SMARTS) is 1. The van der Waals surface area contributed by atoms with Crippen LogP contribution in [0.5, 0.6) is 11.6 Å². The largest absolute Gasteiger partial charge is 0.496 e. The molecular weight excluding hydrogens is 456 g/mol. The second kappa shape index (κ2) is 11.2. The first-order chi connectivity index (χ1) is 17.5. The highest BCUT2D eigenvalue weighted by atomic mass is 16.5. The Morgan fingerprint density at radius 2 is 1.81 bits per heavy atom. The molecule has 1 saturated carbocycles. The predicted octanol–water partition coefficient (Wildman–Crippen LogP) is 5.21. The number of carboxylic acids is 1. The minimum absolute atomic E-state index is 0.0634. The van der Waals surface area contributed by atoms with Gasteiger partial charge >= 0.3 is 5.97 Å². The molecule has 7 nitrogen and oxygen atoms in total. The van der Waals surface area contributed by atoms with Gasteiger partial charge in [-0.05, 0) is 61.1 Å². The van der Waals surface area contributed by atoms with E-state index in [9.17, 15) is 14.7 Å². The monoisotopic (exact) mass is 488 g/mol. The van der Waals surface area contributed by atoms with Gasteiger partial charge in [-0.15, -0.1) is 0 Å². The fraction of sp³-hybridized carbons (Fsp3) is 0.345. The fourth-order valence-electron chi connectivity index (χ4n) is 4.52. The molecule has 7 heteroatoms. The molecule has 0 aliphatic heterocycles. The average molecular weight is 489 g/mol. The Morgan fingerprint density at radius 1 is 1.06 bits per heavy atom. The summed E-state index contributed by atoms with van der Waals surface area (Å²) < 4.78 is 11.3. The lowest BCUT2D eigenvalue weighted by molar-refractivity contribution is -0.136. The van der Waals surface area contributed by atoms with Gasteiger partial charge in [-0.25, -0.2) is 4.98 Å². The lowest BCUT2D eigenvalue weighted by atomic mass is 9.86. The number of rotatable bonds is 11. The van der Waals surface area contributed by atoms with E-state index < -0.39 is 5.97 Å². The number of benzene rings is 2. The molecular formula is C29H32N2O5. The van der Waals surface area contributed by atoms with Crippen LogP contribution >= 0.6 is 0 Å². The molecule has 0 radical (unpaired) electrons. The summed E-state index contributed by atoms with van der Waals surface area (Å²) >= 11 is 0. The van der Waals surface area contributed by atoms with Crippen molar-refractivity contribution in [3.63, 3.8) is 0 Å². The Hall–Kier alpha value is -3.87. The summed E-state index contributed by atoms with van der Waals surface area (Å²) in [7, 11) is 1.61. The van der Waals surface area contributed by atoms with E-state index >= 15 is 0 Å². The van der Waals surface area contributed by atoms with E-state index in [1.165, 1.54) is 0 Å². The minimum atomic E-state index is -0.947. The Kier molecular flexibility index (Phi) is 7.88. The molecule has 1 aromatic heterocycles. The van der Waals surface area contributed by atoms with E-state index in [2.05, 4.69) is 4.98 Å². The van der Waals surface area contributed by atoms with Gasteiger partial charge in [0.2, 0.25) is 11.8 Å². The number of hydrogen-bond acceptors (Lipinski definition) is 5. The molecule has 1 N–H and O–H groups in total. The number of aromatic nitrogens is 1. The molecule has 1 heterocycles. The molecule has 1 aliphatic rings. The first-order valence-corrected chi connectivity index (χ1v) is 12.3. The number of aliphatic carboxylic acids is 1. The van der Waals surface area contributed by atoms with Crippen molar-refractivity contribution in [2.24, 2.45) is 5.92 Å². The van der Waals surface area contributed by atoms with Crippen molar-refractivity contribution in [3.05, 3.63) is 65.9 Å². The van der Waals surface area contributed by atoms with Crippen LogP contribution in [0.15, 0.2) is 54.7 Å². The van der Waals surface area contributed by atoms with Crippen molar-refractivity contribution >= 4 is 11.9 Å². The maximum Gasteiger partial charge on any atom is 0.307 e. The molecule has 0 unspecified atom stereocenters. The highest BCUT2D eigenvalue weighted by Gasteiger charge is 2.34. The summed E-state index contributed by atoms with van der Waals surface area (Å²) in [6.45, 7) is 5.18. The smallest absolute Gasteiger partial charge is 0.307 e. The van der Waals surface area contributed by atoms with Gasteiger partial charge in [0, 0.05) is 42.4 Å². The van der Waals surface area contributed by atoms with Crippen LogP contribution in [-0.4, -0.2) is 47.1 Å². The number of pyridine rings is 1. The summed E-state index contributed by atoms with van der Waals surface area (Å²) in [5, 5.41) is 9.92. The molecule has 0 spiro atoms. The molecule has 1 amide bonds. The van der Waals surface area contributed by atoms with Crippen LogP contribution in [-0.2, 0) is 22.6 Å². The lowest BCUT2D eigenvalue weighted by Gasteiger charge is -2.27. The summed E-state index contributed by atoms with van der Waals surface area (Å²) in [6, 6.07) is 15.3.